The molecule has 0 fully saturated rings. The normalized spacial score (nSPS) is 12.7. The van der Waals surface area contributed by atoms with Gasteiger partial charge in [-0.3, -0.25) is 4.79 Å². The van der Waals surface area contributed by atoms with Crippen molar-refractivity contribution in [2.45, 2.75) is 57.9 Å². The molecule has 0 heterocycles. The van der Waals surface area contributed by atoms with Gasteiger partial charge in [-0.2, -0.15) is 4.31 Å². The van der Waals surface area contributed by atoms with Crippen LogP contribution in [0.4, 0.5) is 0 Å². The molecule has 1 aromatic carbocycles. The minimum Gasteiger partial charge on any atom is -0.352 e. The van der Waals surface area contributed by atoms with Gasteiger partial charge in [0, 0.05) is 32.1 Å². The first-order valence-corrected chi connectivity index (χ1v) is 10.8. The van der Waals surface area contributed by atoms with Crippen LogP contribution in [-0.4, -0.2) is 44.3 Å². The number of carbonyl (C=O) groups excluding carboxylic acids is 1. The largest absolute Gasteiger partial charge is 0.352 e. The van der Waals surface area contributed by atoms with Gasteiger partial charge >= 0.3 is 0 Å². The number of halogens is 1. The molecule has 0 aliphatic rings. The molecule has 27 heavy (non-hydrogen) atoms. The Bertz CT molecular complexity index is 659. The molecule has 1 amide bonds. The van der Waals surface area contributed by atoms with E-state index in [2.05, 4.69) is 19.2 Å². The Kier molecular flexibility index (Phi) is 11.8. The van der Waals surface area contributed by atoms with E-state index in [4.69, 9.17) is 5.73 Å². The Morgan fingerprint density at radius 1 is 1.15 bits per heavy atom. The van der Waals surface area contributed by atoms with E-state index in [-0.39, 0.29) is 29.3 Å². The summed E-state index contributed by atoms with van der Waals surface area (Å²) < 4.78 is 26.4. The Labute approximate surface area is 170 Å². The maximum absolute atomic E-state index is 12.5. The summed E-state index contributed by atoms with van der Waals surface area (Å²) >= 11 is 0. The first-order valence-electron chi connectivity index (χ1n) is 9.33. The maximum Gasteiger partial charge on any atom is 0.243 e. The molecule has 0 aliphatic carbocycles. The summed E-state index contributed by atoms with van der Waals surface area (Å²) in [5.74, 6) is 0.449. The number of rotatable bonds is 11. The number of nitrogens with zero attached hydrogens (tertiary/aromatic N) is 1. The molecule has 1 aromatic rings. The fraction of sp³-hybridized carbons (Fsp3) is 0.632. The molecular weight excluding hydrogens is 386 g/mol. The van der Waals surface area contributed by atoms with Crippen molar-refractivity contribution >= 4 is 28.3 Å². The molecule has 0 radical (unpaired) electrons. The lowest BCUT2D eigenvalue weighted by Crippen LogP contribution is -2.41. The van der Waals surface area contributed by atoms with Crippen LogP contribution < -0.4 is 11.1 Å². The van der Waals surface area contributed by atoms with E-state index >= 15 is 0 Å². The van der Waals surface area contributed by atoms with Crippen molar-refractivity contribution in [2.24, 2.45) is 11.7 Å². The first-order chi connectivity index (χ1) is 12.2. The quantitative estimate of drug-likeness (QED) is 0.576. The van der Waals surface area contributed by atoms with Gasteiger partial charge in [0.05, 0.1) is 4.90 Å². The summed E-state index contributed by atoms with van der Waals surface area (Å²) in [5.41, 5.74) is 6.64. The average Bonchev–Trinajstić information content (AvgIpc) is 2.60. The van der Waals surface area contributed by atoms with Gasteiger partial charge in [-0.25, -0.2) is 8.42 Å². The molecular formula is C19H34ClN3O3S. The molecule has 1 unspecified atom stereocenters. The molecule has 1 rings (SSSR count). The highest BCUT2D eigenvalue weighted by Gasteiger charge is 2.21. The van der Waals surface area contributed by atoms with Crippen LogP contribution in [0.25, 0.3) is 0 Å². The van der Waals surface area contributed by atoms with Crippen molar-refractivity contribution < 1.29 is 13.2 Å². The molecule has 0 saturated heterocycles. The van der Waals surface area contributed by atoms with Gasteiger partial charge in [-0.05, 0) is 36.5 Å². The highest BCUT2D eigenvalue weighted by Crippen LogP contribution is 2.17. The van der Waals surface area contributed by atoms with Gasteiger partial charge in [0.25, 0.3) is 0 Å². The third-order valence-corrected chi connectivity index (χ3v) is 6.38. The molecule has 8 heteroatoms. The van der Waals surface area contributed by atoms with Crippen LogP contribution in [-0.2, 0) is 21.2 Å². The van der Waals surface area contributed by atoms with Crippen molar-refractivity contribution in [3.05, 3.63) is 29.8 Å². The zero-order valence-electron chi connectivity index (χ0n) is 16.8. The summed E-state index contributed by atoms with van der Waals surface area (Å²) in [6, 6.07) is 6.78. The molecule has 3 N–H and O–H groups in total. The number of sulfonamides is 1. The highest BCUT2D eigenvalue weighted by atomic mass is 35.5. The number of aryl methyl sites for hydroxylation is 1. The lowest BCUT2D eigenvalue weighted by Gasteiger charge is -2.19. The second kappa shape index (κ2) is 12.3. The zero-order valence-corrected chi connectivity index (χ0v) is 18.4. The Morgan fingerprint density at radius 2 is 1.70 bits per heavy atom. The third kappa shape index (κ3) is 8.17. The number of nitrogens with one attached hydrogen (secondary N) is 1. The van der Waals surface area contributed by atoms with Crippen molar-refractivity contribution in [3.63, 3.8) is 0 Å². The molecule has 6 nitrogen and oxygen atoms in total. The average molecular weight is 420 g/mol. The summed E-state index contributed by atoms with van der Waals surface area (Å²) in [4.78, 5) is 12.4. The van der Waals surface area contributed by atoms with E-state index in [1.54, 1.807) is 24.3 Å². The van der Waals surface area contributed by atoms with E-state index in [1.807, 2.05) is 13.8 Å². The highest BCUT2D eigenvalue weighted by molar-refractivity contribution is 7.89. The number of benzene rings is 1. The van der Waals surface area contributed by atoms with Crippen LogP contribution in [0.15, 0.2) is 29.2 Å². The predicted octanol–water partition coefficient (Wildman–Crippen LogP) is 2.56. The van der Waals surface area contributed by atoms with Crippen LogP contribution in [0.2, 0.25) is 0 Å². The van der Waals surface area contributed by atoms with Crippen LogP contribution >= 0.6 is 12.4 Å². The molecule has 1 atom stereocenters. The van der Waals surface area contributed by atoms with Crippen LogP contribution in [0.5, 0.6) is 0 Å². The minimum absolute atomic E-state index is 0. The summed E-state index contributed by atoms with van der Waals surface area (Å²) in [5, 5.41) is 2.97. The fourth-order valence-electron chi connectivity index (χ4n) is 2.88. The Balaban J connectivity index is 0.00000676. The standard InChI is InChI=1S/C19H33N3O3S.ClH/c1-5-22(6-2)26(24,25)18-10-7-16(8-11-18)9-12-19(23)21-17(14-20)13-15(3)4;/h7-8,10-11,15,17H,5-6,9,12-14,20H2,1-4H3,(H,21,23);1H. The number of hydrogen-bond acceptors (Lipinski definition) is 4. The lowest BCUT2D eigenvalue weighted by molar-refractivity contribution is -0.121. The summed E-state index contributed by atoms with van der Waals surface area (Å²) in [6.07, 6.45) is 1.79. The van der Waals surface area contributed by atoms with E-state index in [1.165, 1.54) is 4.31 Å². The van der Waals surface area contributed by atoms with E-state index in [0.717, 1.165) is 12.0 Å². The molecule has 0 aliphatic heterocycles. The van der Waals surface area contributed by atoms with E-state index in [0.29, 0.717) is 38.4 Å². The third-order valence-electron chi connectivity index (χ3n) is 4.31. The van der Waals surface area contributed by atoms with Crippen LogP contribution in [0.1, 0.15) is 46.1 Å². The van der Waals surface area contributed by atoms with Crippen molar-refractivity contribution in [1.29, 1.82) is 0 Å². The molecule has 0 aromatic heterocycles. The number of nitrogens with two attached hydrogens (primary N) is 1. The van der Waals surface area contributed by atoms with Gasteiger partial charge in [0.1, 0.15) is 0 Å². The molecule has 0 spiro atoms. The maximum atomic E-state index is 12.5. The molecule has 156 valence electrons. The van der Waals surface area contributed by atoms with Gasteiger partial charge in [0.2, 0.25) is 15.9 Å². The number of hydrogen-bond donors (Lipinski definition) is 2. The Morgan fingerprint density at radius 3 is 2.15 bits per heavy atom. The van der Waals surface area contributed by atoms with Crippen LogP contribution in [0.3, 0.4) is 0 Å². The molecule has 0 saturated carbocycles. The topological polar surface area (TPSA) is 92.5 Å². The minimum atomic E-state index is -3.44. The second-order valence-electron chi connectivity index (χ2n) is 6.86. The second-order valence-corrected chi connectivity index (χ2v) is 8.80. The van der Waals surface area contributed by atoms with E-state index < -0.39 is 10.0 Å². The fourth-order valence-corrected chi connectivity index (χ4v) is 4.34. The van der Waals surface area contributed by atoms with Crippen molar-refractivity contribution in [2.75, 3.05) is 19.6 Å². The van der Waals surface area contributed by atoms with E-state index in [9.17, 15) is 13.2 Å². The SMILES string of the molecule is CCN(CC)S(=O)(=O)c1ccc(CCC(=O)NC(CN)CC(C)C)cc1.Cl. The number of amides is 1. The van der Waals surface area contributed by atoms with Crippen molar-refractivity contribution in [3.8, 4) is 0 Å². The van der Waals surface area contributed by atoms with Gasteiger partial charge in [0.15, 0.2) is 0 Å². The predicted molar refractivity (Wildman–Crippen MR) is 113 cm³/mol. The van der Waals surface area contributed by atoms with Crippen molar-refractivity contribution in [1.82, 2.24) is 9.62 Å². The Hall–Kier alpha value is -1.15. The monoisotopic (exact) mass is 419 g/mol. The van der Waals surface area contributed by atoms with Gasteiger partial charge < -0.3 is 11.1 Å². The van der Waals surface area contributed by atoms with Gasteiger partial charge in [-0.1, -0.05) is 39.8 Å². The lowest BCUT2D eigenvalue weighted by atomic mass is 10.0. The smallest absolute Gasteiger partial charge is 0.243 e. The summed E-state index contributed by atoms with van der Waals surface area (Å²) in [6.45, 7) is 9.16. The van der Waals surface area contributed by atoms with Crippen LogP contribution in [0, 0.1) is 5.92 Å². The van der Waals surface area contributed by atoms with Gasteiger partial charge in [-0.15, -0.1) is 12.4 Å². The first kappa shape index (κ1) is 25.9. The zero-order chi connectivity index (χ0) is 19.7. The number of carbonyl (C=O) groups is 1. The summed E-state index contributed by atoms with van der Waals surface area (Å²) in [7, 11) is -3.44. The molecule has 0 bridgehead atoms.